The molecule has 0 aliphatic carbocycles. The number of ether oxygens (including phenoxy) is 1. The van der Waals surface area contributed by atoms with Crippen LogP contribution in [0.3, 0.4) is 0 Å². The second-order valence-corrected chi connectivity index (χ2v) is 4.90. The summed E-state index contributed by atoms with van der Waals surface area (Å²) >= 11 is 0. The van der Waals surface area contributed by atoms with Gasteiger partial charge in [0.15, 0.2) is 0 Å². The standard InChI is InChI=1S/C16H17N3O2/c1-10-8-14(11(2)21-10)16-15(17)9-19(18-16)12-4-6-13(20-3)7-5-12/h4-9H,17H2,1-3H3. The highest BCUT2D eigenvalue weighted by Crippen LogP contribution is 2.30. The second kappa shape index (κ2) is 5.01. The maximum Gasteiger partial charge on any atom is 0.119 e. The molecule has 3 rings (SSSR count). The van der Waals surface area contributed by atoms with Crippen LogP contribution in [0.2, 0.25) is 0 Å². The summed E-state index contributed by atoms with van der Waals surface area (Å²) < 4.78 is 12.5. The highest BCUT2D eigenvalue weighted by atomic mass is 16.5. The van der Waals surface area contributed by atoms with Gasteiger partial charge in [-0.3, -0.25) is 0 Å². The Kier molecular flexibility index (Phi) is 3.17. The van der Waals surface area contributed by atoms with Gasteiger partial charge in [0, 0.05) is 5.56 Å². The molecule has 108 valence electrons. The molecule has 0 aliphatic rings. The van der Waals surface area contributed by atoms with E-state index in [1.807, 2.05) is 44.2 Å². The minimum absolute atomic E-state index is 0.620. The van der Waals surface area contributed by atoms with Crippen molar-refractivity contribution in [1.29, 1.82) is 0 Å². The molecule has 0 atom stereocenters. The minimum Gasteiger partial charge on any atom is -0.497 e. The number of anilines is 1. The van der Waals surface area contributed by atoms with Crippen molar-refractivity contribution < 1.29 is 9.15 Å². The van der Waals surface area contributed by atoms with Gasteiger partial charge in [-0.25, -0.2) is 4.68 Å². The number of hydrogen-bond donors (Lipinski definition) is 1. The summed E-state index contributed by atoms with van der Waals surface area (Å²) in [6.45, 7) is 3.82. The largest absolute Gasteiger partial charge is 0.497 e. The van der Waals surface area contributed by atoms with Crippen molar-refractivity contribution in [3.8, 4) is 22.7 Å². The number of rotatable bonds is 3. The molecule has 0 saturated carbocycles. The van der Waals surface area contributed by atoms with Crippen molar-refractivity contribution in [3.05, 3.63) is 48.0 Å². The summed E-state index contributed by atoms with van der Waals surface area (Å²) in [5.41, 5.74) is 9.30. The maximum absolute atomic E-state index is 6.10. The first-order valence-corrected chi connectivity index (χ1v) is 6.65. The van der Waals surface area contributed by atoms with Gasteiger partial charge in [0.1, 0.15) is 23.0 Å². The molecule has 0 bridgehead atoms. The van der Waals surface area contributed by atoms with Gasteiger partial charge in [-0.05, 0) is 44.2 Å². The fourth-order valence-electron chi connectivity index (χ4n) is 2.33. The summed E-state index contributed by atoms with van der Waals surface area (Å²) in [5, 5.41) is 4.57. The number of hydrogen-bond acceptors (Lipinski definition) is 4. The lowest BCUT2D eigenvalue weighted by atomic mass is 10.1. The molecule has 5 nitrogen and oxygen atoms in total. The van der Waals surface area contributed by atoms with Crippen molar-refractivity contribution in [2.24, 2.45) is 0 Å². The zero-order chi connectivity index (χ0) is 15.0. The molecule has 1 aromatic carbocycles. The number of methoxy groups -OCH3 is 1. The summed E-state index contributed by atoms with van der Waals surface area (Å²) in [6.07, 6.45) is 1.80. The predicted molar refractivity (Wildman–Crippen MR) is 81.7 cm³/mol. The number of aromatic nitrogens is 2. The molecule has 0 amide bonds. The Labute approximate surface area is 122 Å². The third kappa shape index (κ3) is 2.38. The van der Waals surface area contributed by atoms with Gasteiger partial charge >= 0.3 is 0 Å². The SMILES string of the molecule is COc1ccc(-n2cc(N)c(-c3cc(C)oc3C)n2)cc1. The topological polar surface area (TPSA) is 66.2 Å². The lowest BCUT2D eigenvalue weighted by Crippen LogP contribution is -1.95. The van der Waals surface area contributed by atoms with Gasteiger partial charge in [0.2, 0.25) is 0 Å². The molecule has 5 heteroatoms. The summed E-state index contributed by atoms with van der Waals surface area (Å²) in [7, 11) is 1.64. The van der Waals surface area contributed by atoms with Crippen molar-refractivity contribution in [3.63, 3.8) is 0 Å². The number of furan rings is 1. The van der Waals surface area contributed by atoms with Crippen LogP contribution in [-0.2, 0) is 0 Å². The molecule has 0 saturated heterocycles. The fourth-order valence-corrected chi connectivity index (χ4v) is 2.33. The zero-order valence-corrected chi connectivity index (χ0v) is 12.3. The van der Waals surface area contributed by atoms with Crippen LogP contribution in [0.5, 0.6) is 5.75 Å². The van der Waals surface area contributed by atoms with Crippen molar-refractivity contribution >= 4 is 5.69 Å². The molecule has 3 aromatic rings. The maximum atomic E-state index is 6.10. The minimum atomic E-state index is 0.620. The number of nitrogens with two attached hydrogens (primary N) is 1. The van der Waals surface area contributed by atoms with Crippen LogP contribution >= 0.6 is 0 Å². The Balaban J connectivity index is 2.02. The molecule has 0 aliphatic heterocycles. The molecule has 0 unspecified atom stereocenters. The van der Waals surface area contributed by atoms with Gasteiger partial charge in [0.25, 0.3) is 0 Å². The van der Waals surface area contributed by atoms with E-state index in [-0.39, 0.29) is 0 Å². The first-order valence-electron chi connectivity index (χ1n) is 6.65. The average molecular weight is 283 g/mol. The molecular formula is C16H17N3O2. The fraction of sp³-hybridized carbons (Fsp3) is 0.188. The average Bonchev–Trinajstić information content (AvgIpc) is 3.01. The monoisotopic (exact) mass is 283 g/mol. The zero-order valence-electron chi connectivity index (χ0n) is 12.3. The Morgan fingerprint density at radius 1 is 1.19 bits per heavy atom. The second-order valence-electron chi connectivity index (χ2n) is 4.90. The van der Waals surface area contributed by atoms with E-state index in [0.29, 0.717) is 5.69 Å². The first kappa shape index (κ1) is 13.3. The number of nitrogen functional groups attached to an aromatic ring is 1. The molecule has 0 radical (unpaired) electrons. The van der Waals surface area contributed by atoms with E-state index < -0.39 is 0 Å². The van der Waals surface area contributed by atoms with E-state index in [9.17, 15) is 0 Å². The summed E-state index contributed by atoms with van der Waals surface area (Å²) in [5.74, 6) is 2.47. The van der Waals surface area contributed by atoms with Crippen molar-refractivity contribution in [2.75, 3.05) is 12.8 Å². The molecular weight excluding hydrogens is 266 g/mol. The van der Waals surface area contributed by atoms with Crippen LogP contribution in [0.1, 0.15) is 11.5 Å². The van der Waals surface area contributed by atoms with Crippen LogP contribution in [0.4, 0.5) is 5.69 Å². The van der Waals surface area contributed by atoms with E-state index in [4.69, 9.17) is 14.9 Å². The van der Waals surface area contributed by atoms with E-state index in [0.717, 1.165) is 34.2 Å². The number of aryl methyl sites for hydroxylation is 2. The Hall–Kier alpha value is -2.69. The third-order valence-corrected chi connectivity index (χ3v) is 3.38. The lowest BCUT2D eigenvalue weighted by molar-refractivity contribution is 0.414. The molecule has 21 heavy (non-hydrogen) atoms. The van der Waals surface area contributed by atoms with Crippen LogP contribution in [0.15, 0.2) is 40.9 Å². The quantitative estimate of drug-likeness (QED) is 0.800. The molecule has 2 aromatic heterocycles. The number of nitrogens with zero attached hydrogens (tertiary/aromatic N) is 2. The summed E-state index contributed by atoms with van der Waals surface area (Å²) in [6, 6.07) is 9.59. The van der Waals surface area contributed by atoms with Crippen LogP contribution in [0, 0.1) is 13.8 Å². The van der Waals surface area contributed by atoms with E-state index in [2.05, 4.69) is 5.10 Å². The molecule has 2 heterocycles. The van der Waals surface area contributed by atoms with Crippen LogP contribution < -0.4 is 10.5 Å². The smallest absolute Gasteiger partial charge is 0.119 e. The van der Waals surface area contributed by atoms with Crippen LogP contribution in [-0.4, -0.2) is 16.9 Å². The van der Waals surface area contributed by atoms with Crippen LogP contribution in [0.25, 0.3) is 16.9 Å². The third-order valence-electron chi connectivity index (χ3n) is 3.38. The molecule has 0 fully saturated rings. The first-order chi connectivity index (χ1) is 10.1. The van der Waals surface area contributed by atoms with Gasteiger partial charge in [-0.15, -0.1) is 0 Å². The predicted octanol–water partition coefficient (Wildman–Crippen LogP) is 3.34. The molecule has 2 N–H and O–H groups in total. The highest BCUT2D eigenvalue weighted by molar-refractivity contribution is 5.74. The Bertz CT molecular complexity index is 769. The van der Waals surface area contributed by atoms with Gasteiger partial charge in [-0.1, -0.05) is 0 Å². The van der Waals surface area contributed by atoms with Gasteiger partial charge in [-0.2, -0.15) is 5.10 Å². The Morgan fingerprint density at radius 2 is 1.90 bits per heavy atom. The van der Waals surface area contributed by atoms with Gasteiger partial charge in [0.05, 0.1) is 24.7 Å². The highest BCUT2D eigenvalue weighted by Gasteiger charge is 2.15. The van der Waals surface area contributed by atoms with E-state index in [1.165, 1.54) is 0 Å². The van der Waals surface area contributed by atoms with E-state index >= 15 is 0 Å². The lowest BCUT2D eigenvalue weighted by Gasteiger charge is -2.03. The summed E-state index contributed by atoms with van der Waals surface area (Å²) in [4.78, 5) is 0. The normalized spacial score (nSPS) is 10.8. The van der Waals surface area contributed by atoms with E-state index in [1.54, 1.807) is 18.0 Å². The van der Waals surface area contributed by atoms with Crippen molar-refractivity contribution in [2.45, 2.75) is 13.8 Å². The van der Waals surface area contributed by atoms with Gasteiger partial charge < -0.3 is 14.9 Å². The molecule has 0 spiro atoms. The van der Waals surface area contributed by atoms with Crippen molar-refractivity contribution in [1.82, 2.24) is 9.78 Å². The number of benzene rings is 1. The Morgan fingerprint density at radius 3 is 2.48 bits per heavy atom.